The van der Waals surface area contributed by atoms with E-state index < -0.39 is 0 Å². The maximum atomic E-state index is 14.6. The van der Waals surface area contributed by atoms with Gasteiger partial charge in [-0.3, -0.25) is 4.79 Å². The van der Waals surface area contributed by atoms with Gasteiger partial charge in [-0.2, -0.15) is 0 Å². The molecule has 0 bridgehead atoms. The van der Waals surface area contributed by atoms with E-state index in [1.54, 1.807) is 6.92 Å². The fourth-order valence-corrected chi connectivity index (χ4v) is 4.65. The molecule has 30 heavy (non-hydrogen) atoms. The summed E-state index contributed by atoms with van der Waals surface area (Å²) < 4.78 is 14.6. The van der Waals surface area contributed by atoms with Gasteiger partial charge in [0.15, 0.2) is 11.6 Å². The van der Waals surface area contributed by atoms with Crippen molar-refractivity contribution in [3.8, 4) is 0 Å². The lowest BCUT2D eigenvalue weighted by Crippen LogP contribution is -2.59. The molecule has 3 atom stereocenters. The van der Waals surface area contributed by atoms with Crippen molar-refractivity contribution in [3.63, 3.8) is 0 Å². The van der Waals surface area contributed by atoms with Crippen molar-refractivity contribution in [2.45, 2.75) is 45.2 Å². The van der Waals surface area contributed by atoms with E-state index in [-0.39, 0.29) is 23.8 Å². The summed E-state index contributed by atoms with van der Waals surface area (Å²) in [6, 6.07) is 7.17. The van der Waals surface area contributed by atoms with Crippen molar-refractivity contribution >= 4 is 29.0 Å². The van der Waals surface area contributed by atoms with Crippen LogP contribution in [0.5, 0.6) is 0 Å². The van der Waals surface area contributed by atoms with Crippen LogP contribution in [-0.4, -0.2) is 52.5 Å². The largest absolute Gasteiger partial charge is 0.374 e. The first-order valence-corrected chi connectivity index (χ1v) is 10.9. The Kier molecular flexibility index (Phi) is 6.09. The van der Waals surface area contributed by atoms with E-state index in [0.717, 1.165) is 38.0 Å². The summed E-state index contributed by atoms with van der Waals surface area (Å²) in [6.07, 6.45) is 3.99. The molecule has 2 fully saturated rings. The Bertz CT molecular complexity index is 926. The molecule has 2 saturated heterocycles. The number of carbonyl (C=O) groups is 1. The highest BCUT2D eigenvalue weighted by Gasteiger charge is 2.39. The lowest BCUT2D eigenvalue weighted by Gasteiger charge is -2.46. The number of piperidine rings is 2. The number of nitrogens with one attached hydrogen (secondary N) is 1. The van der Waals surface area contributed by atoms with Crippen LogP contribution in [0, 0.1) is 18.7 Å². The lowest BCUT2D eigenvalue weighted by atomic mass is 9.89. The van der Waals surface area contributed by atoms with E-state index in [2.05, 4.69) is 22.2 Å². The Morgan fingerprint density at radius 2 is 2.07 bits per heavy atom. The summed E-state index contributed by atoms with van der Waals surface area (Å²) in [6.45, 7) is 5.83. The van der Waals surface area contributed by atoms with Crippen molar-refractivity contribution in [2.75, 3.05) is 29.9 Å². The van der Waals surface area contributed by atoms with Crippen LogP contribution in [0.25, 0.3) is 0 Å². The van der Waals surface area contributed by atoms with Crippen molar-refractivity contribution in [1.82, 2.24) is 14.9 Å². The predicted octanol–water partition coefficient (Wildman–Crippen LogP) is 3.90. The zero-order chi connectivity index (χ0) is 21.3. The highest BCUT2D eigenvalue weighted by Crippen LogP contribution is 2.30. The second-order valence-corrected chi connectivity index (χ2v) is 8.69. The third-order valence-electron chi connectivity index (χ3n) is 6.20. The van der Waals surface area contributed by atoms with Crippen molar-refractivity contribution in [3.05, 3.63) is 47.1 Å². The van der Waals surface area contributed by atoms with Crippen LogP contribution in [0.15, 0.2) is 30.6 Å². The minimum atomic E-state index is -0.378. The summed E-state index contributed by atoms with van der Waals surface area (Å²) >= 11 is 6.08. The van der Waals surface area contributed by atoms with Crippen molar-refractivity contribution < 1.29 is 9.18 Å². The molecule has 160 valence electrons. The molecule has 1 N–H and O–H groups in total. The Labute approximate surface area is 181 Å². The topological polar surface area (TPSA) is 61.4 Å². The number of aryl methyl sites for hydroxylation is 1. The smallest absolute Gasteiger partial charge is 0.245 e. The fraction of sp³-hybridized carbons (Fsp3) is 0.500. The highest BCUT2D eigenvalue weighted by molar-refractivity contribution is 6.30. The highest BCUT2D eigenvalue weighted by atomic mass is 35.5. The maximum absolute atomic E-state index is 14.6. The van der Waals surface area contributed by atoms with Gasteiger partial charge in [0.2, 0.25) is 5.91 Å². The van der Waals surface area contributed by atoms with Gasteiger partial charge in [0.05, 0.1) is 11.7 Å². The van der Waals surface area contributed by atoms with Gasteiger partial charge in [-0.25, -0.2) is 14.4 Å². The number of carbonyl (C=O) groups excluding carboxylic acids is 1. The van der Waals surface area contributed by atoms with E-state index in [0.29, 0.717) is 29.0 Å². The molecule has 8 heteroatoms. The van der Waals surface area contributed by atoms with Gasteiger partial charge in [0.1, 0.15) is 12.4 Å². The molecule has 2 aliphatic heterocycles. The monoisotopic (exact) mass is 431 g/mol. The molecule has 1 aromatic carbocycles. The first-order valence-electron chi connectivity index (χ1n) is 10.5. The Morgan fingerprint density at radius 3 is 2.87 bits per heavy atom. The Hall–Kier alpha value is -2.41. The minimum absolute atomic E-state index is 0.0184. The molecule has 1 amide bonds. The average molecular weight is 432 g/mol. The van der Waals surface area contributed by atoms with Gasteiger partial charge < -0.3 is 15.1 Å². The quantitative estimate of drug-likeness (QED) is 0.795. The lowest BCUT2D eigenvalue weighted by molar-refractivity contribution is -0.138. The summed E-state index contributed by atoms with van der Waals surface area (Å²) in [4.78, 5) is 25.4. The summed E-state index contributed by atoms with van der Waals surface area (Å²) in [5, 5.41) is 3.98. The molecular weight excluding hydrogens is 405 g/mol. The average Bonchev–Trinajstić information content (AvgIpc) is 2.72. The first-order chi connectivity index (χ1) is 14.4. The van der Waals surface area contributed by atoms with Crippen LogP contribution < -0.4 is 10.2 Å². The van der Waals surface area contributed by atoms with Crippen LogP contribution in [0.4, 0.5) is 15.9 Å². The normalized spacial score (nSPS) is 24.8. The molecule has 3 heterocycles. The zero-order valence-electron chi connectivity index (χ0n) is 17.3. The van der Waals surface area contributed by atoms with Gasteiger partial charge in [0, 0.05) is 30.3 Å². The fourth-order valence-electron chi connectivity index (χ4n) is 4.45. The number of anilines is 2. The molecule has 6 nitrogen and oxygen atoms in total. The number of rotatable bonds is 4. The van der Waals surface area contributed by atoms with Gasteiger partial charge in [0.25, 0.3) is 0 Å². The molecule has 4 rings (SSSR count). The molecule has 0 saturated carbocycles. The molecular formula is C22H27ClFN5O. The standard InChI is InChI=1S/C22H27ClFN5O/c1-14-8-10-28(21-20(24)15(2)25-13-26-21)12-19(14)29-9-4-7-18(22(29)30)27-17-6-3-5-16(23)11-17/h3,5-6,11,13-14,18-19,27H,4,7-10,12H2,1-2H3/t14-,18?,19-/m0/s1. The molecule has 0 aliphatic carbocycles. The van der Waals surface area contributed by atoms with Crippen LogP contribution in [0.3, 0.4) is 0 Å². The van der Waals surface area contributed by atoms with Crippen molar-refractivity contribution in [1.29, 1.82) is 0 Å². The predicted molar refractivity (Wildman–Crippen MR) is 116 cm³/mol. The Balaban J connectivity index is 1.51. The number of benzene rings is 1. The van der Waals surface area contributed by atoms with Crippen LogP contribution in [-0.2, 0) is 4.79 Å². The van der Waals surface area contributed by atoms with E-state index in [4.69, 9.17) is 11.6 Å². The molecule has 1 unspecified atom stereocenters. The van der Waals surface area contributed by atoms with Gasteiger partial charge in [-0.15, -0.1) is 0 Å². The molecule has 2 aromatic rings. The molecule has 2 aliphatic rings. The van der Waals surface area contributed by atoms with Crippen LogP contribution in [0.1, 0.15) is 31.9 Å². The van der Waals surface area contributed by atoms with E-state index >= 15 is 0 Å². The number of halogens is 2. The number of hydrogen-bond acceptors (Lipinski definition) is 5. The van der Waals surface area contributed by atoms with Crippen molar-refractivity contribution in [2.24, 2.45) is 5.92 Å². The maximum Gasteiger partial charge on any atom is 0.245 e. The number of nitrogens with zero attached hydrogens (tertiary/aromatic N) is 4. The van der Waals surface area contributed by atoms with Crippen LogP contribution in [0.2, 0.25) is 5.02 Å². The zero-order valence-corrected chi connectivity index (χ0v) is 18.1. The second-order valence-electron chi connectivity index (χ2n) is 8.26. The third kappa shape index (κ3) is 4.21. The summed E-state index contributed by atoms with van der Waals surface area (Å²) in [5.74, 6) is 0.383. The van der Waals surface area contributed by atoms with E-state index in [1.165, 1.54) is 6.33 Å². The van der Waals surface area contributed by atoms with Crippen LogP contribution >= 0.6 is 11.6 Å². The second kappa shape index (κ2) is 8.76. The van der Waals surface area contributed by atoms with Gasteiger partial charge in [-0.1, -0.05) is 24.6 Å². The number of aromatic nitrogens is 2. The van der Waals surface area contributed by atoms with E-state index in [1.807, 2.05) is 34.1 Å². The molecule has 1 aromatic heterocycles. The van der Waals surface area contributed by atoms with Gasteiger partial charge in [-0.05, 0) is 50.3 Å². The number of amides is 1. The van der Waals surface area contributed by atoms with E-state index in [9.17, 15) is 9.18 Å². The third-order valence-corrected chi connectivity index (χ3v) is 6.44. The number of likely N-dealkylation sites (tertiary alicyclic amines) is 1. The molecule has 0 radical (unpaired) electrons. The molecule has 0 spiro atoms. The Morgan fingerprint density at radius 1 is 1.23 bits per heavy atom. The SMILES string of the molecule is Cc1ncnc(N2CC[C@H](C)[C@@H](N3CCCC(Nc4cccc(Cl)c4)C3=O)C2)c1F. The first kappa shape index (κ1) is 20.8. The summed E-state index contributed by atoms with van der Waals surface area (Å²) in [5.41, 5.74) is 1.19. The van der Waals surface area contributed by atoms with Gasteiger partial charge >= 0.3 is 0 Å². The summed E-state index contributed by atoms with van der Waals surface area (Å²) in [7, 11) is 0. The minimum Gasteiger partial charge on any atom is -0.374 e. The number of hydrogen-bond donors (Lipinski definition) is 1.